The van der Waals surface area contributed by atoms with Gasteiger partial charge in [-0.05, 0) is 49.7 Å². The van der Waals surface area contributed by atoms with Gasteiger partial charge in [-0.2, -0.15) is 0 Å². The van der Waals surface area contributed by atoms with E-state index in [1.54, 1.807) is 11.0 Å². The van der Waals surface area contributed by atoms with Gasteiger partial charge in [0.05, 0.1) is 10.6 Å². The molecule has 1 amide bonds. The molecule has 26 heavy (non-hydrogen) atoms. The van der Waals surface area contributed by atoms with E-state index in [9.17, 15) is 17.6 Å². The molecule has 2 aromatic carbocycles. The van der Waals surface area contributed by atoms with Crippen LogP contribution in [0.4, 0.5) is 10.1 Å². The highest BCUT2D eigenvalue weighted by Crippen LogP contribution is 2.19. The number of anilines is 1. The van der Waals surface area contributed by atoms with Crippen LogP contribution in [-0.2, 0) is 10.0 Å². The van der Waals surface area contributed by atoms with Gasteiger partial charge in [0.25, 0.3) is 15.9 Å². The molecule has 0 spiro atoms. The van der Waals surface area contributed by atoms with E-state index in [0.717, 1.165) is 12.8 Å². The zero-order valence-corrected chi connectivity index (χ0v) is 15.7. The molecule has 7 heteroatoms. The van der Waals surface area contributed by atoms with Crippen LogP contribution in [0.25, 0.3) is 0 Å². The Balaban J connectivity index is 2.17. The minimum atomic E-state index is -3.93. The van der Waals surface area contributed by atoms with Crippen LogP contribution in [0.2, 0.25) is 0 Å². The van der Waals surface area contributed by atoms with Gasteiger partial charge in [-0.1, -0.05) is 25.5 Å². The average Bonchev–Trinajstić information content (AvgIpc) is 2.64. The number of rotatable bonds is 8. The smallest absolute Gasteiger partial charge is 0.261 e. The van der Waals surface area contributed by atoms with Crippen molar-refractivity contribution in [3.8, 4) is 0 Å². The summed E-state index contributed by atoms with van der Waals surface area (Å²) < 4.78 is 40.7. The van der Waals surface area contributed by atoms with E-state index in [1.165, 1.54) is 42.5 Å². The molecule has 0 saturated heterocycles. The van der Waals surface area contributed by atoms with Crippen LogP contribution in [0.1, 0.15) is 37.0 Å². The monoisotopic (exact) mass is 378 g/mol. The lowest BCUT2D eigenvalue weighted by molar-refractivity contribution is 0.0762. The first-order chi connectivity index (χ1) is 12.4. The fraction of sp³-hybridized carbons (Fsp3) is 0.316. The predicted octanol–water partition coefficient (Wildman–Crippen LogP) is 3.89. The molecule has 0 fully saturated rings. The topological polar surface area (TPSA) is 66.5 Å². The first-order valence-corrected chi connectivity index (χ1v) is 10.0. The number of carbonyl (C=O) groups is 1. The number of para-hydroxylation sites is 1. The Kier molecular flexibility index (Phi) is 6.74. The molecular formula is C19H23FN2O3S. The fourth-order valence-electron chi connectivity index (χ4n) is 2.46. The van der Waals surface area contributed by atoms with E-state index in [-0.39, 0.29) is 16.5 Å². The summed E-state index contributed by atoms with van der Waals surface area (Å²) in [6.45, 7) is 5.22. The van der Waals surface area contributed by atoms with E-state index in [1.807, 2.05) is 6.92 Å². The second-order valence-electron chi connectivity index (χ2n) is 5.85. The van der Waals surface area contributed by atoms with Gasteiger partial charge in [0.1, 0.15) is 5.82 Å². The molecule has 0 aliphatic carbocycles. The molecule has 5 nitrogen and oxygen atoms in total. The maximum absolute atomic E-state index is 13.7. The summed E-state index contributed by atoms with van der Waals surface area (Å²) in [5.41, 5.74) is 0.303. The summed E-state index contributed by atoms with van der Waals surface area (Å²) in [4.78, 5) is 14.2. The Labute approximate surface area is 153 Å². The third-order valence-electron chi connectivity index (χ3n) is 3.98. The number of benzene rings is 2. The Morgan fingerprint density at radius 3 is 2.31 bits per heavy atom. The van der Waals surface area contributed by atoms with Crippen LogP contribution >= 0.6 is 0 Å². The van der Waals surface area contributed by atoms with E-state index in [2.05, 4.69) is 11.6 Å². The minimum Gasteiger partial charge on any atom is -0.339 e. The van der Waals surface area contributed by atoms with Gasteiger partial charge in [0.15, 0.2) is 0 Å². The number of unbranched alkanes of at least 4 members (excludes halogenated alkanes) is 1. The van der Waals surface area contributed by atoms with Gasteiger partial charge in [-0.15, -0.1) is 0 Å². The molecule has 0 aliphatic heterocycles. The third kappa shape index (κ3) is 4.82. The zero-order valence-electron chi connectivity index (χ0n) is 14.9. The number of hydrogen-bond donors (Lipinski definition) is 1. The molecule has 0 unspecified atom stereocenters. The number of nitrogens with one attached hydrogen (secondary N) is 1. The van der Waals surface area contributed by atoms with Crippen LogP contribution in [-0.4, -0.2) is 32.3 Å². The number of halogens is 1. The van der Waals surface area contributed by atoms with Crippen LogP contribution in [0.5, 0.6) is 0 Å². The molecule has 140 valence electrons. The lowest BCUT2D eigenvalue weighted by Gasteiger charge is -2.20. The summed E-state index contributed by atoms with van der Waals surface area (Å²) in [7, 11) is -3.93. The minimum absolute atomic E-state index is 0.0334. The SMILES string of the molecule is CCCCN(CC)C(=O)c1ccc(S(=O)(=O)Nc2ccccc2F)cc1. The van der Waals surface area contributed by atoms with Gasteiger partial charge in [-0.3, -0.25) is 9.52 Å². The van der Waals surface area contributed by atoms with Crippen LogP contribution in [0.15, 0.2) is 53.4 Å². The summed E-state index contributed by atoms with van der Waals surface area (Å²) in [6.07, 6.45) is 1.90. The largest absolute Gasteiger partial charge is 0.339 e. The van der Waals surface area contributed by atoms with E-state index < -0.39 is 15.8 Å². The molecule has 0 atom stereocenters. The quantitative estimate of drug-likeness (QED) is 0.758. The van der Waals surface area contributed by atoms with Crippen molar-refractivity contribution in [2.45, 2.75) is 31.6 Å². The van der Waals surface area contributed by atoms with E-state index >= 15 is 0 Å². The second kappa shape index (κ2) is 8.80. The van der Waals surface area contributed by atoms with Gasteiger partial charge < -0.3 is 4.90 Å². The van der Waals surface area contributed by atoms with Crippen molar-refractivity contribution < 1.29 is 17.6 Å². The first-order valence-electron chi connectivity index (χ1n) is 8.55. The Morgan fingerprint density at radius 2 is 1.73 bits per heavy atom. The van der Waals surface area contributed by atoms with E-state index in [0.29, 0.717) is 18.7 Å². The summed E-state index contributed by atoms with van der Waals surface area (Å²) >= 11 is 0. The van der Waals surface area contributed by atoms with Crippen LogP contribution in [0.3, 0.4) is 0 Å². The van der Waals surface area contributed by atoms with Gasteiger partial charge in [0.2, 0.25) is 0 Å². The average molecular weight is 378 g/mol. The van der Waals surface area contributed by atoms with Crippen LogP contribution in [0, 0.1) is 5.82 Å². The fourth-order valence-corrected chi connectivity index (χ4v) is 3.53. The van der Waals surface area contributed by atoms with Crippen molar-refractivity contribution in [3.05, 3.63) is 59.9 Å². The number of sulfonamides is 1. The van der Waals surface area contributed by atoms with Crippen molar-refractivity contribution in [2.24, 2.45) is 0 Å². The molecule has 0 heterocycles. The van der Waals surface area contributed by atoms with Crippen molar-refractivity contribution in [3.63, 3.8) is 0 Å². The molecule has 2 rings (SSSR count). The maximum Gasteiger partial charge on any atom is 0.261 e. The van der Waals surface area contributed by atoms with Gasteiger partial charge in [0, 0.05) is 18.7 Å². The molecule has 0 radical (unpaired) electrons. The molecule has 1 N–H and O–H groups in total. The predicted molar refractivity (Wildman–Crippen MR) is 100 cm³/mol. The Morgan fingerprint density at radius 1 is 1.08 bits per heavy atom. The molecule has 0 bridgehead atoms. The number of amides is 1. The first kappa shape index (κ1) is 19.9. The van der Waals surface area contributed by atoms with Crippen molar-refractivity contribution >= 4 is 21.6 Å². The highest BCUT2D eigenvalue weighted by molar-refractivity contribution is 7.92. The lowest BCUT2D eigenvalue weighted by atomic mass is 10.2. The molecule has 0 aromatic heterocycles. The second-order valence-corrected chi connectivity index (χ2v) is 7.53. The van der Waals surface area contributed by atoms with Crippen molar-refractivity contribution in [1.29, 1.82) is 0 Å². The molecule has 2 aromatic rings. The van der Waals surface area contributed by atoms with Gasteiger partial charge >= 0.3 is 0 Å². The Bertz CT molecular complexity index is 851. The highest BCUT2D eigenvalue weighted by Gasteiger charge is 2.18. The third-order valence-corrected chi connectivity index (χ3v) is 5.36. The number of carbonyl (C=O) groups excluding carboxylic acids is 1. The highest BCUT2D eigenvalue weighted by atomic mass is 32.2. The summed E-state index contributed by atoms with van der Waals surface area (Å²) in [6, 6.07) is 11.2. The summed E-state index contributed by atoms with van der Waals surface area (Å²) in [5.74, 6) is -0.788. The Hall–Kier alpha value is -2.41. The van der Waals surface area contributed by atoms with Crippen molar-refractivity contribution in [1.82, 2.24) is 4.90 Å². The van der Waals surface area contributed by atoms with Crippen LogP contribution < -0.4 is 4.72 Å². The maximum atomic E-state index is 13.7. The number of nitrogens with zero attached hydrogens (tertiary/aromatic N) is 1. The lowest BCUT2D eigenvalue weighted by Crippen LogP contribution is -2.31. The van der Waals surface area contributed by atoms with Gasteiger partial charge in [-0.25, -0.2) is 12.8 Å². The summed E-state index contributed by atoms with van der Waals surface area (Å²) in [5, 5.41) is 0. The molecule has 0 aliphatic rings. The van der Waals surface area contributed by atoms with E-state index in [4.69, 9.17) is 0 Å². The molecular weight excluding hydrogens is 355 g/mol. The zero-order chi connectivity index (χ0) is 19.2. The standard InChI is InChI=1S/C19H23FN2O3S/c1-3-5-14-22(4-2)19(23)15-10-12-16(13-11-15)26(24,25)21-18-9-7-6-8-17(18)20/h6-13,21H,3-5,14H2,1-2H3. The normalized spacial score (nSPS) is 11.2. The number of hydrogen-bond acceptors (Lipinski definition) is 3. The van der Waals surface area contributed by atoms with Crippen molar-refractivity contribution in [2.75, 3.05) is 17.8 Å². The molecule has 0 saturated carbocycles.